The van der Waals surface area contributed by atoms with Gasteiger partial charge in [-0.15, -0.1) is 0 Å². The number of hydrogen-bond acceptors (Lipinski definition) is 15. The van der Waals surface area contributed by atoms with Gasteiger partial charge >= 0.3 is 17.9 Å². The van der Waals surface area contributed by atoms with Crippen LogP contribution in [0.25, 0.3) is 0 Å². The first-order valence-corrected chi connectivity index (χ1v) is 24.6. The molecule has 0 saturated carbocycles. The molecule has 0 aliphatic heterocycles. The Hall–Kier alpha value is -4.22. The Labute approximate surface area is 400 Å². The van der Waals surface area contributed by atoms with E-state index in [1.807, 2.05) is 0 Å². The van der Waals surface area contributed by atoms with E-state index < -0.39 is 29.9 Å². The number of rotatable bonds is 45. The molecular weight excluding hydrogens is 899 g/mol. The van der Waals surface area contributed by atoms with Gasteiger partial charge in [0.25, 0.3) is 0 Å². The quantitative estimate of drug-likeness (QED) is 0.0407. The second-order valence-corrected chi connectivity index (χ2v) is 16.8. The molecule has 0 heterocycles. The molecule has 0 aromatic rings. The van der Waals surface area contributed by atoms with E-state index in [1.54, 1.807) is 13.8 Å². The maximum Gasteiger partial charge on any atom is 0.326 e. The van der Waals surface area contributed by atoms with Crippen molar-refractivity contribution >= 4 is 64.9 Å². The minimum absolute atomic E-state index is 0.0153. The Kier molecular flexibility index (Phi) is 44.1. The summed E-state index contributed by atoms with van der Waals surface area (Å²) in [5.41, 5.74) is 5.09. The highest BCUT2D eigenvalue weighted by molar-refractivity contribution is 7.99. The topological polar surface area (TPSA) is 325 Å². The van der Waals surface area contributed by atoms with Crippen molar-refractivity contribution in [3.05, 3.63) is 0 Å². The smallest absolute Gasteiger partial charge is 0.326 e. The van der Waals surface area contributed by atoms with E-state index in [0.717, 1.165) is 57.8 Å². The number of ketones is 2. The van der Waals surface area contributed by atoms with E-state index in [-0.39, 0.29) is 145 Å². The zero-order chi connectivity index (χ0) is 50.5. The Morgan fingerprint density at radius 1 is 0.552 bits per heavy atom. The zero-order valence-electron chi connectivity index (χ0n) is 40.1. The normalized spacial score (nSPS) is 12.1. The fourth-order valence-corrected chi connectivity index (χ4v) is 6.62. The largest absolute Gasteiger partial charge is 0.481 e. The van der Waals surface area contributed by atoms with Crippen molar-refractivity contribution < 1.29 is 77.4 Å². The van der Waals surface area contributed by atoms with E-state index in [2.05, 4.69) is 21.3 Å². The van der Waals surface area contributed by atoms with Crippen molar-refractivity contribution in [1.29, 1.82) is 0 Å². The summed E-state index contributed by atoms with van der Waals surface area (Å²) in [5, 5.41) is 37.6. The molecule has 3 atom stereocenters. The SMILES string of the molecule is CC(=O)[C@H](C)N.CC[C@@H](CSCC(=O)NCCNC(=O)COCCOCCNC(=O)COCCOCCCC(=O)CC[C@H](NC(=O)CCCCCCCCCCCCC(=O)O)C(=O)O)C(=O)O. The summed E-state index contributed by atoms with van der Waals surface area (Å²) in [6.07, 6.45) is 11.3. The number of ether oxygens (including phenoxy) is 4. The predicted octanol–water partition coefficient (Wildman–Crippen LogP) is 2.63. The van der Waals surface area contributed by atoms with Crippen molar-refractivity contribution in [3.8, 4) is 0 Å². The summed E-state index contributed by atoms with van der Waals surface area (Å²) in [5.74, 6) is -4.13. The van der Waals surface area contributed by atoms with Crippen LogP contribution in [0.1, 0.15) is 130 Å². The summed E-state index contributed by atoms with van der Waals surface area (Å²) in [4.78, 5) is 103. The van der Waals surface area contributed by atoms with Crippen LogP contribution in [-0.2, 0) is 62.1 Å². The maximum absolute atomic E-state index is 12.3. The summed E-state index contributed by atoms with van der Waals surface area (Å²) < 4.78 is 21.3. The molecule has 0 radical (unpaired) electrons. The van der Waals surface area contributed by atoms with Gasteiger partial charge in [0.05, 0.1) is 50.7 Å². The molecule has 388 valence electrons. The molecule has 0 rings (SSSR count). The van der Waals surface area contributed by atoms with E-state index in [4.69, 9.17) is 34.9 Å². The van der Waals surface area contributed by atoms with Crippen LogP contribution in [0.2, 0.25) is 0 Å². The molecule has 0 fully saturated rings. The van der Waals surface area contributed by atoms with Crippen molar-refractivity contribution in [2.75, 3.05) is 84.0 Å². The van der Waals surface area contributed by atoms with Crippen LogP contribution < -0.4 is 27.0 Å². The van der Waals surface area contributed by atoms with Gasteiger partial charge in [-0.2, -0.15) is 11.8 Å². The molecule has 0 unspecified atom stereocenters. The number of hydrogen-bond donors (Lipinski definition) is 8. The number of carboxylic acids is 3. The van der Waals surface area contributed by atoms with Crippen LogP contribution >= 0.6 is 11.8 Å². The summed E-state index contributed by atoms with van der Waals surface area (Å²) in [7, 11) is 0. The van der Waals surface area contributed by atoms with E-state index >= 15 is 0 Å². The molecule has 0 saturated heterocycles. The number of carboxylic acid groups (broad SMARTS) is 3. The third kappa shape index (κ3) is 46.7. The van der Waals surface area contributed by atoms with Crippen LogP contribution in [-0.4, -0.2) is 165 Å². The lowest BCUT2D eigenvalue weighted by Gasteiger charge is -2.14. The molecule has 9 N–H and O–H groups in total. The Morgan fingerprint density at radius 2 is 1.03 bits per heavy atom. The number of carbonyl (C=O) groups is 9. The first-order chi connectivity index (χ1) is 32.0. The van der Waals surface area contributed by atoms with Crippen LogP contribution in [0.4, 0.5) is 0 Å². The van der Waals surface area contributed by atoms with Gasteiger partial charge in [0.15, 0.2) is 0 Å². The molecular formula is C45H81N5O16S. The zero-order valence-corrected chi connectivity index (χ0v) is 40.9. The molecule has 21 nitrogen and oxygen atoms in total. The van der Waals surface area contributed by atoms with E-state index in [1.165, 1.54) is 18.7 Å². The molecule has 22 heteroatoms. The van der Waals surface area contributed by atoms with E-state index in [9.17, 15) is 48.3 Å². The minimum atomic E-state index is -1.18. The average molecular weight is 980 g/mol. The number of carbonyl (C=O) groups excluding carboxylic acids is 6. The fourth-order valence-electron chi connectivity index (χ4n) is 5.55. The van der Waals surface area contributed by atoms with Gasteiger partial charge in [-0.3, -0.25) is 38.4 Å². The highest BCUT2D eigenvalue weighted by Crippen LogP contribution is 2.13. The molecule has 0 aliphatic rings. The maximum atomic E-state index is 12.3. The fraction of sp³-hybridized carbons (Fsp3) is 0.800. The molecule has 0 aliphatic carbocycles. The van der Waals surface area contributed by atoms with Gasteiger partial charge in [-0.1, -0.05) is 58.3 Å². The van der Waals surface area contributed by atoms with Crippen molar-refractivity contribution in [2.45, 2.75) is 142 Å². The average Bonchev–Trinajstić information content (AvgIpc) is 3.27. The third-order valence-electron chi connectivity index (χ3n) is 9.72. The van der Waals surface area contributed by atoms with Gasteiger partial charge in [0.2, 0.25) is 23.6 Å². The lowest BCUT2D eigenvalue weighted by molar-refractivity contribution is -0.142. The summed E-state index contributed by atoms with van der Waals surface area (Å²) in [6.45, 7) is 6.57. The van der Waals surface area contributed by atoms with Crippen molar-refractivity contribution in [1.82, 2.24) is 21.3 Å². The number of nitrogens with one attached hydrogen (secondary N) is 4. The first-order valence-electron chi connectivity index (χ1n) is 23.4. The summed E-state index contributed by atoms with van der Waals surface area (Å²) in [6, 6.07) is -1.41. The highest BCUT2D eigenvalue weighted by atomic mass is 32.2. The van der Waals surface area contributed by atoms with Gasteiger partial charge in [-0.25, -0.2) is 4.79 Å². The standard InChI is InChI=1S/C41H72N4O15S.C4H9NO/c1-2-32(40(53)54)30-61-31-38(50)43-20-19-42-36(48)28-60-27-25-58-23-21-44-37(49)29-59-26-24-57-22-13-14-33(46)17-18-34(41(55)56)45-35(47)15-11-9-7-5-3-4-6-8-10-12-16-39(51)52;1-3(5)4(2)6/h32,34H,2-31H2,1H3,(H,42,48)(H,43,50)(H,44,49)(H,45,47)(H,51,52)(H,53,54)(H,55,56);3H,5H2,1-2H3/t32-,34-;3-/m00/s1. The monoisotopic (exact) mass is 980 g/mol. The number of aliphatic carboxylic acids is 3. The number of nitrogens with two attached hydrogens (primary N) is 1. The lowest BCUT2D eigenvalue weighted by atomic mass is 10.0. The second-order valence-electron chi connectivity index (χ2n) is 15.8. The van der Waals surface area contributed by atoms with Crippen LogP contribution in [0.15, 0.2) is 0 Å². The van der Waals surface area contributed by atoms with Crippen molar-refractivity contribution in [2.24, 2.45) is 11.7 Å². The van der Waals surface area contributed by atoms with Gasteiger partial charge in [0.1, 0.15) is 30.8 Å². The number of unbranched alkanes of at least 4 members (excludes halogenated alkanes) is 9. The van der Waals surface area contributed by atoms with Crippen LogP contribution in [0.5, 0.6) is 0 Å². The van der Waals surface area contributed by atoms with Crippen LogP contribution in [0, 0.1) is 5.92 Å². The number of amides is 4. The van der Waals surface area contributed by atoms with Gasteiger partial charge in [0, 0.05) is 57.7 Å². The predicted molar refractivity (Wildman–Crippen MR) is 251 cm³/mol. The van der Waals surface area contributed by atoms with Gasteiger partial charge < -0.3 is 61.3 Å². The van der Waals surface area contributed by atoms with Crippen LogP contribution in [0.3, 0.4) is 0 Å². The number of Topliss-reactive ketones (excluding diaryl/α,β-unsaturated/α-hetero) is 2. The molecule has 0 aromatic heterocycles. The summed E-state index contributed by atoms with van der Waals surface area (Å²) >= 11 is 1.25. The lowest BCUT2D eigenvalue weighted by Crippen LogP contribution is -2.41. The first kappa shape index (κ1) is 64.9. The minimum Gasteiger partial charge on any atom is -0.481 e. The molecule has 0 aromatic carbocycles. The molecule has 67 heavy (non-hydrogen) atoms. The van der Waals surface area contributed by atoms with Gasteiger partial charge in [-0.05, 0) is 46.0 Å². The second kappa shape index (κ2) is 45.6. The third-order valence-corrected chi connectivity index (χ3v) is 10.8. The Bertz CT molecular complexity index is 1410. The molecule has 0 bridgehead atoms. The molecule has 0 spiro atoms. The Balaban J connectivity index is 0. The van der Waals surface area contributed by atoms with E-state index in [0.29, 0.717) is 31.6 Å². The highest BCUT2D eigenvalue weighted by Gasteiger charge is 2.21. The Morgan fingerprint density at radius 3 is 1.52 bits per heavy atom. The number of thioether (sulfide) groups is 1. The molecule has 4 amide bonds. The van der Waals surface area contributed by atoms with Crippen molar-refractivity contribution in [3.63, 3.8) is 0 Å².